The Bertz CT molecular complexity index is 672. The first kappa shape index (κ1) is 16.4. The summed E-state index contributed by atoms with van der Waals surface area (Å²) in [4.78, 5) is 0.259. The number of rotatable bonds is 2. The summed E-state index contributed by atoms with van der Waals surface area (Å²) >= 11 is 1.79. The van der Waals surface area contributed by atoms with Gasteiger partial charge in [0, 0.05) is 29.2 Å². The zero-order valence-corrected chi connectivity index (χ0v) is 13.8. The highest BCUT2D eigenvalue weighted by atomic mass is 32.2. The summed E-state index contributed by atoms with van der Waals surface area (Å²) in [5.74, 6) is 6.07. The van der Waals surface area contributed by atoms with E-state index in [-0.39, 0.29) is 16.2 Å². The van der Waals surface area contributed by atoms with Gasteiger partial charge in [0.2, 0.25) is 10.0 Å². The van der Waals surface area contributed by atoms with Crippen molar-refractivity contribution in [2.75, 3.05) is 25.4 Å². The van der Waals surface area contributed by atoms with Crippen LogP contribution >= 0.6 is 11.8 Å². The lowest BCUT2D eigenvalue weighted by molar-refractivity contribution is 0.350. The van der Waals surface area contributed by atoms with Crippen molar-refractivity contribution >= 4 is 21.8 Å². The molecular formula is C15H19NO3S2. The van der Waals surface area contributed by atoms with E-state index in [1.54, 1.807) is 40.3 Å². The van der Waals surface area contributed by atoms with Gasteiger partial charge in [0.25, 0.3) is 0 Å². The smallest absolute Gasteiger partial charge is 0.243 e. The molecule has 0 aromatic heterocycles. The lowest BCUT2D eigenvalue weighted by atomic mass is 10.2. The summed E-state index contributed by atoms with van der Waals surface area (Å²) in [7, 11) is -3.49. The van der Waals surface area contributed by atoms with E-state index < -0.39 is 10.0 Å². The van der Waals surface area contributed by atoms with E-state index in [9.17, 15) is 8.42 Å². The summed E-state index contributed by atoms with van der Waals surface area (Å²) in [5.41, 5.74) is 0.593. The van der Waals surface area contributed by atoms with Gasteiger partial charge in [-0.05, 0) is 32.0 Å². The van der Waals surface area contributed by atoms with Crippen LogP contribution in [-0.2, 0) is 10.0 Å². The second-order valence-corrected chi connectivity index (χ2v) is 9.17. The van der Waals surface area contributed by atoms with Crippen LogP contribution in [0.5, 0.6) is 0 Å². The molecule has 1 heterocycles. The van der Waals surface area contributed by atoms with Gasteiger partial charge in [0.05, 0.1) is 4.90 Å². The molecule has 1 aliphatic rings. The first-order chi connectivity index (χ1) is 9.85. The Balaban J connectivity index is 2.31. The molecule has 4 nitrogen and oxygen atoms in total. The molecule has 1 fully saturated rings. The molecule has 1 aliphatic heterocycles. The largest absolute Gasteiger partial charge is 0.384 e. The maximum absolute atomic E-state index is 12.7. The van der Waals surface area contributed by atoms with Gasteiger partial charge in [-0.1, -0.05) is 17.9 Å². The summed E-state index contributed by atoms with van der Waals surface area (Å²) in [6.45, 7) is 4.91. The molecule has 2 rings (SSSR count). The van der Waals surface area contributed by atoms with Crippen molar-refractivity contribution in [3.63, 3.8) is 0 Å². The van der Waals surface area contributed by atoms with Gasteiger partial charge in [-0.25, -0.2) is 8.42 Å². The quantitative estimate of drug-likeness (QED) is 0.838. The number of aliphatic hydroxyl groups is 1. The highest BCUT2D eigenvalue weighted by molar-refractivity contribution is 8.00. The number of benzene rings is 1. The fourth-order valence-corrected chi connectivity index (χ4v) is 5.16. The maximum Gasteiger partial charge on any atom is 0.243 e. The highest BCUT2D eigenvalue weighted by Gasteiger charge is 2.34. The summed E-state index contributed by atoms with van der Waals surface area (Å²) in [5, 5.41) is 8.72. The first-order valence-corrected chi connectivity index (χ1v) is 9.12. The van der Waals surface area contributed by atoms with Crippen molar-refractivity contribution in [2.45, 2.75) is 23.5 Å². The van der Waals surface area contributed by atoms with Gasteiger partial charge < -0.3 is 5.11 Å². The van der Waals surface area contributed by atoms with Crippen LogP contribution in [0.1, 0.15) is 19.4 Å². The van der Waals surface area contributed by atoms with Gasteiger partial charge >= 0.3 is 0 Å². The fraction of sp³-hybridized carbons (Fsp3) is 0.467. The summed E-state index contributed by atoms with van der Waals surface area (Å²) in [6.07, 6.45) is 0. The van der Waals surface area contributed by atoms with Crippen LogP contribution in [-0.4, -0.2) is 48.0 Å². The lowest BCUT2D eigenvalue weighted by Gasteiger charge is -2.36. The lowest BCUT2D eigenvalue weighted by Crippen LogP contribution is -2.46. The van der Waals surface area contributed by atoms with Crippen LogP contribution in [0.15, 0.2) is 29.2 Å². The molecule has 1 aromatic rings. The standard InChI is InChI=1S/C15H19NO3S2/c1-15(2)12-16(8-10-20-15)21(18,19)14-7-3-5-13(11-14)6-4-9-17/h3,5,7,11,17H,8-10,12H2,1-2H3. The molecule has 1 N–H and O–H groups in total. The summed E-state index contributed by atoms with van der Waals surface area (Å²) < 4.78 is 26.9. The molecule has 0 radical (unpaired) electrons. The van der Waals surface area contributed by atoms with E-state index in [0.29, 0.717) is 18.7 Å². The third kappa shape index (κ3) is 4.01. The van der Waals surface area contributed by atoms with Crippen LogP contribution in [0.3, 0.4) is 0 Å². The predicted octanol–water partition coefficient (Wildman–Crippen LogP) is 1.55. The molecule has 0 unspecified atom stereocenters. The van der Waals surface area contributed by atoms with E-state index in [0.717, 1.165) is 5.75 Å². The molecule has 0 bridgehead atoms. The minimum Gasteiger partial charge on any atom is -0.384 e. The van der Waals surface area contributed by atoms with Gasteiger partial charge in [-0.2, -0.15) is 16.1 Å². The Kier molecular flexibility index (Phi) is 4.99. The number of hydrogen-bond donors (Lipinski definition) is 1. The number of nitrogens with zero attached hydrogens (tertiary/aromatic N) is 1. The zero-order chi connectivity index (χ0) is 15.5. The molecule has 1 aromatic carbocycles. The van der Waals surface area contributed by atoms with Crippen molar-refractivity contribution in [2.24, 2.45) is 0 Å². The molecule has 1 saturated heterocycles. The van der Waals surface area contributed by atoms with Gasteiger partial charge in [-0.3, -0.25) is 0 Å². The molecule has 0 aliphatic carbocycles. The van der Waals surface area contributed by atoms with Crippen LogP contribution in [0.2, 0.25) is 0 Å². The number of aliphatic hydroxyl groups excluding tert-OH is 1. The minimum absolute atomic E-state index is 0.0698. The van der Waals surface area contributed by atoms with Crippen molar-refractivity contribution in [3.05, 3.63) is 29.8 Å². The van der Waals surface area contributed by atoms with Crippen LogP contribution in [0, 0.1) is 11.8 Å². The van der Waals surface area contributed by atoms with Crippen molar-refractivity contribution in [1.29, 1.82) is 0 Å². The SMILES string of the molecule is CC1(C)CN(S(=O)(=O)c2cccc(C#CCO)c2)CCS1. The van der Waals surface area contributed by atoms with E-state index in [1.165, 1.54) is 0 Å². The molecular weight excluding hydrogens is 306 g/mol. The van der Waals surface area contributed by atoms with E-state index in [4.69, 9.17) is 5.11 Å². The minimum atomic E-state index is -3.49. The Morgan fingerprint density at radius 3 is 2.86 bits per heavy atom. The van der Waals surface area contributed by atoms with Gasteiger partial charge in [-0.15, -0.1) is 0 Å². The highest BCUT2D eigenvalue weighted by Crippen LogP contribution is 2.32. The normalized spacial score (nSPS) is 18.8. The molecule has 6 heteroatoms. The predicted molar refractivity (Wildman–Crippen MR) is 85.7 cm³/mol. The van der Waals surface area contributed by atoms with Crippen LogP contribution < -0.4 is 0 Å². The van der Waals surface area contributed by atoms with Crippen LogP contribution in [0.25, 0.3) is 0 Å². The van der Waals surface area contributed by atoms with Crippen molar-refractivity contribution < 1.29 is 13.5 Å². The maximum atomic E-state index is 12.7. The van der Waals surface area contributed by atoms with Crippen LogP contribution in [0.4, 0.5) is 0 Å². The topological polar surface area (TPSA) is 57.6 Å². The summed E-state index contributed by atoms with van der Waals surface area (Å²) in [6, 6.07) is 6.57. The second kappa shape index (κ2) is 6.41. The van der Waals surface area contributed by atoms with Crippen molar-refractivity contribution in [3.8, 4) is 11.8 Å². The molecule has 0 amide bonds. The third-order valence-corrected chi connectivity index (χ3v) is 6.31. The molecule has 21 heavy (non-hydrogen) atoms. The Morgan fingerprint density at radius 1 is 1.43 bits per heavy atom. The van der Waals surface area contributed by atoms with Crippen molar-refractivity contribution in [1.82, 2.24) is 4.31 Å². The third-order valence-electron chi connectivity index (χ3n) is 3.17. The van der Waals surface area contributed by atoms with Gasteiger partial charge in [0.1, 0.15) is 6.61 Å². The molecule has 0 spiro atoms. The molecule has 0 atom stereocenters. The first-order valence-electron chi connectivity index (χ1n) is 6.69. The van der Waals surface area contributed by atoms with Gasteiger partial charge in [0.15, 0.2) is 0 Å². The zero-order valence-electron chi connectivity index (χ0n) is 12.2. The van der Waals surface area contributed by atoms with E-state index in [2.05, 4.69) is 25.7 Å². The Morgan fingerprint density at radius 2 is 2.19 bits per heavy atom. The number of sulfonamides is 1. The Labute approximate surface area is 130 Å². The fourth-order valence-electron chi connectivity index (χ4n) is 2.20. The Hall–Kier alpha value is -1.00. The second-order valence-electron chi connectivity index (χ2n) is 5.43. The molecule has 114 valence electrons. The average molecular weight is 325 g/mol. The molecule has 0 saturated carbocycles. The number of thioether (sulfide) groups is 1. The van der Waals surface area contributed by atoms with E-state index in [1.807, 2.05) is 0 Å². The van der Waals surface area contributed by atoms with E-state index >= 15 is 0 Å². The number of hydrogen-bond acceptors (Lipinski definition) is 4. The monoisotopic (exact) mass is 325 g/mol. The average Bonchev–Trinajstić information content (AvgIpc) is 2.44.